The first-order valence-corrected chi connectivity index (χ1v) is 12.0. The fourth-order valence-corrected chi connectivity index (χ4v) is 5.75. The van der Waals surface area contributed by atoms with Gasteiger partial charge in [0.25, 0.3) is 0 Å². The maximum absolute atomic E-state index is 13.8. The van der Waals surface area contributed by atoms with Crippen LogP contribution in [0.3, 0.4) is 0 Å². The van der Waals surface area contributed by atoms with E-state index in [2.05, 4.69) is 5.32 Å². The topological polar surface area (TPSA) is 49.4 Å². The first-order valence-electron chi connectivity index (χ1n) is 12.0. The minimum atomic E-state index is -0.348. The Balaban J connectivity index is 1.39. The molecule has 0 bridgehead atoms. The van der Waals surface area contributed by atoms with Crippen LogP contribution in [0.5, 0.6) is 0 Å². The van der Waals surface area contributed by atoms with E-state index >= 15 is 0 Å². The number of halogens is 1. The highest BCUT2D eigenvalue weighted by molar-refractivity contribution is 5.87. The Morgan fingerprint density at radius 2 is 1.44 bits per heavy atom. The largest absolute Gasteiger partial charge is 0.355 e. The van der Waals surface area contributed by atoms with Crippen molar-refractivity contribution in [3.63, 3.8) is 0 Å². The molecular formula is C29H29FN2O2. The molecule has 0 radical (unpaired) electrons. The van der Waals surface area contributed by atoms with E-state index in [-0.39, 0.29) is 34.9 Å². The number of nitrogens with one attached hydrogen (secondary N) is 1. The zero-order valence-corrected chi connectivity index (χ0v) is 19.1. The van der Waals surface area contributed by atoms with E-state index in [4.69, 9.17) is 0 Å². The average molecular weight is 457 g/mol. The highest BCUT2D eigenvalue weighted by atomic mass is 19.1. The summed E-state index contributed by atoms with van der Waals surface area (Å²) in [6.45, 7) is 1.77. The second kappa shape index (κ2) is 9.41. The first-order chi connectivity index (χ1) is 16.6. The number of hydrogen-bond donors (Lipinski definition) is 1. The normalized spacial score (nSPS) is 19.8. The summed E-state index contributed by atoms with van der Waals surface area (Å²) in [5.74, 6) is -0.331. The van der Waals surface area contributed by atoms with Gasteiger partial charge in [-0.2, -0.15) is 0 Å². The minimum Gasteiger partial charge on any atom is -0.355 e. The van der Waals surface area contributed by atoms with Crippen LogP contribution in [0.25, 0.3) is 0 Å². The number of hydrogen-bond acceptors (Lipinski definition) is 2. The lowest BCUT2D eigenvalue weighted by molar-refractivity contribution is -0.136. The molecule has 2 saturated heterocycles. The maximum Gasteiger partial charge on any atom is 0.234 e. The third kappa shape index (κ3) is 4.35. The monoisotopic (exact) mass is 456 g/mol. The Hall–Kier alpha value is -3.47. The van der Waals surface area contributed by atoms with Crippen molar-refractivity contribution in [3.8, 4) is 0 Å². The summed E-state index contributed by atoms with van der Waals surface area (Å²) in [6.07, 6.45) is 1.95. The number of likely N-dealkylation sites (tertiary alicyclic amines) is 1. The first kappa shape index (κ1) is 22.3. The van der Waals surface area contributed by atoms with E-state index in [1.54, 1.807) is 0 Å². The highest BCUT2D eigenvalue weighted by Crippen LogP contribution is 2.49. The van der Waals surface area contributed by atoms with E-state index in [1.807, 2.05) is 77.7 Å². The summed E-state index contributed by atoms with van der Waals surface area (Å²) in [4.78, 5) is 28.2. The number of piperidine rings is 2. The summed E-state index contributed by atoms with van der Waals surface area (Å²) in [5, 5.41) is 3.00. The van der Waals surface area contributed by atoms with Crippen molar-refractivity contribution in [2.75, 3.05) is 19.6 Å². The number of benzene rings is 3. The van der Waals surface area contributed by atoms with Crippen LogP contribution in [-0.4, -0.2) is 36.3 Å². The van der Waals surface area contributed by atoms with Crippen molar-refractivity contribution in [1.82, 2.24) is 10.2 Å². The van der Waals surface area contributed by atoms with Gasteiger partial charge < -0.3 is 10.2 Å². The SMILES string of the molecule is O=C1CC2(CCN(C(=O)C(c3ccccc3)c3ccccc3)CC2)C(c2ccc(F)cc2)CN1. The Bertz CT molecular complexity index is 1100. The zero-order chi connectivity index (χ0) is 23.5. The van der Waals surface area contributed by atoms with E-state index < -0.39 is 0 Å². The molecule has 5 heteroatoms. The molecule has 0 saturated carbocycles. The number of nitrogens with zero attached hydrogens (tertiary/aromatic N) is 1. The predicted molar refractivity (Wildman–Crippen MR) is 130 cm³/mol. The molecule has 2 fully saturated rings. The molecule has 3 aromatic rings. The van der Waals surface area contributed by atoms with Crippen molar-refractivity contribution >= 4 is 11.8 Å². The zero-order valence-electron chi connectivity index (χ0n) is 19.1. The molecule has 5 rings (SSSR count). The highest BCUT2D eigenvalue weighted by Gasteiger charge is 2.47. The molecule has 34 heavy (non-hydrogen) atoms. The van der Waals surface area contributed by atoms with E-state index in [0.29, 0.717) is 26.1 Å². The molecule has 2 amide bonds. The lowest BCUT2D eigenvalue weighted by Crippen LogP contribution is -2.53. The van der Waals surface area contributed by atoms with Gasteiger partial charge in [-0.15, -0.1) is 0 Å². The van der Waals surface area contributed by atoms with Gasteiger partial charge in [0.1, 0.15) is 5.82 Å². The van der Waals surface area contributed by atoms with Gasteiger partial charge in [-0.1, -0.05) is 72.8 Å². The van der Waals surface area contributed by atoms with Crippen LogP contribution in [0.4, 0.5) is 4.39 Å². The predicted octanol–water partition coefficient (Wildman–Crippen LogP) is 4.87. The summed E-state index contributed by atoms with van der Waals surface area (Å²) in [5.41, 5.74) is 2.81. The van der Waals surface area contributed by atoms with E-state index in [0.717, 1.165) is 29.5 Å². The molecule has 2 aliphatic rings. The minimum absolute atomic E-state index is 0.0598. The van der Waals surface area contributed by atoms with Crippen molar-refractivity contribution in [3.05, 3.63) is 107 Å². The molecule has 1 spiro atoms. The lowest BCUT2D eigenvalue weighted by atomic mass is 9.62. The van der Waals surface area contributed by atoms with Gasteiger partial charge in [-0.25, -0.2) is 4.39 Å². The quantitative estimate of drug-likeness (QED) is 0.609. The van der Waals surface area contributed by atoms with Gasteiger partial charge >= 0.3 is 0 Å². The van der Waals surface area contributed by atoms with Crippen LogP contribution in [0.1, 0.15) is 47.8 Å². The number of carbonyl (C=O) groups is 2. The smallest absolute Gasteiger partial charge is 0.234 e. The molecule has 1 N–H and O–H groups in total. The second-order valence-electron chi connectivity index (χ2n) is 9.53. The van der Waals surface area contributed by atoms with Gasteiger partial charge in [0, 0.05) is 32.0 Å². The maximum atomic E-state index is 13.8. The van der Waals surface area contributed by atoms with Crippen LogP contribution in [0.2, 0.25) is 0 Å². The molecule has 1 unspecified atom stereocenters. The van der Waals surface area contributed by atoms with Crippen LogP contribution in [-0.2, 0) is 9.59 Å². The van der Waals surface area contributed by atoms with Gasteiger partial charge in [0.2, 0.25) is 11.8 Å². The molecule has 3 aromatic carbocycles. The molecule has 2 aliphatic heterocycles. The Morgan fingerprint density at radius 3 is 2.00 bits per heavy atom. The molecule has 4 nitrogen and oxygen atoms in total. The van der Waals surface area contributed by atoms with Crippen LogP contribution in [0, 0.1) is 11.2 Å². The number of rotatable bonds is 4. The Labute approximate surface area is 199 Å². The number of carbonyl (C=O) groups excluding carboxylic acids is 2. The molecule has 1 atom stereocenters. The third-order valence-electron chi connectivity index (χ3n) is 7.61. The van der Waals surface area contributed by atoms with E-state index in [9.17, 15) is 14.0 Å². The van der Waals surface area contributed by atoms with Crippen molar-refractivity contribution < 1.29 is 14.0 Å². The standard InChI is InChI=1S/C29H29FN2O2/c30-24-13-11-21(12-14-24)25-20-31-26(33)19-29(25)15-17-32(18-16-29)28(34)27(22-7-3-1-4-8-22)23-9-5-2-6-10-23/h1-14,25,27H,15-20H2,(H,31,33). The van der Waals surface area contributed by atoms with Gasteiger partial charge in [0.15, 0.2) is 0 Å². The van der Waals surface area contributed by atoms with Gasteiger partial charge in [-0.3, -0.25) is 9.59 Å². The fraction of sp³-hybridized carbons (Fsp3) is 0.310. The van der Waals surface area contributed by atoms with Gasteiger partial charge in [0.05, 0.1) is 5.92 Å². The molecule has 0 aromatic heterocycles. The molecular weight excluding hydrogens is 427 g/mol. The van der Waals surface area contributed by atoms with Crippen LogP contribution < -0.4 is 5.32 Å². The van der Waals surface area contributed by atoms with Crippen molar-refractivity contribution in [2.45, 2.75) is 31.1 Å². The summed E-state index contributed by atoms with van der Waals surface area (Å²) < 4.78 is 13.5. The van der Waals surface area contributed by atoms with E-state index in [1.165, 1.54) is 12.1 Å². The Morgan fingerprint density at radius 1 is 0.882 bits per heavy atom. The fourth-order valence-electron chi connectivity index (χ4n) is 5.75. The van der Waals surface area contributed by atoms with Crippen molar-refractivity contribution in [2.24, 2.45) is 5.41 Å². The summed E-state index contributed by atoms with van der Waals surface area (Å²) in [7, 11) is 0. The third-order valence-corrected chi connectivity index (χ3v) is 7.61. The molecule has 0 aliphatic carbocycles. The van der Waals surface area contributed by atoms with Crippen LogP contribution >= 0.6 is 0 Å². The Kier molecular flexibility index (Phi) is 6.18. The lowest BCUT2D eigenvalue weighted by Gasteiger charge is -2.49. The van der Waals surface area contributed by atoms with Crippen LogP contribution in [0.15, 0.2) is 84.9 Å². The molecule has 2 heterocycles. The number of amides is 2. The summed E-state index contributed by atoms with van der Waals surface area (Å²) in [6, 6.07) is 26.5. The second-order valence-corrected chi connectivity index (χ2v) is 9.53. The van der Waals surface area contributed by atoms with Crippen molar-refractivity contribution in [1.29, 1.82) is 0 Å². The van der Waals surface area contributed by atoms with Gasteiger partial charge in [-0.05, 0) is 47.1 Å². The average Bonchev–Trinajstić information content (AvgIpc) is 2.87. The molecule has 174 valence electrons. The summed E-state index contributed by atoms with van der Waals surface area (Å²) >= 11 is 0.